The van der Waals surface area contributed by atoms with E-state index in [-0.39, 0.29) is 66.5 Å². The van der Waals surface area contributed by atoms with Crippen molar-refractivity contribution in [1.82, 2.24) is 9.88 Å². The molecule has 11 heteroatoms. The molecule has 40 heavy (non-hydrogen) atoms. The summed E-state index contributed by atoms with van der Waals surface area (Å²) in [5.74, 6) is -2.29. The lowest BCUT2D eigenvalue weighted by atomic mass is 10.00. The summed E-state index contributed by atoms with van der Waals surface area (Å²) in [6.45, 7) is 1.50. The molecule has 2 aromatic carbocycles. The number of carboxylic acid groups (broad SMARTS) is 1. The van der Waals surface area contributed by atoms with E-state index in [1.165, 1.54) is 4.90 Å². The smallest absolute Gasteiger partial charge is 0.407 e. The van der Waals surface area contributed by atoms with Gasteiger partial charge in [-0.05, 0) is 37.3 Å². The van der Waals surface area contributed by atoms with Gasteiger partial charge >= 0.3 is 12.1 Å². The lowest BCUT2D eigenvalue weighted by Gasteiger charge is -2.29. The van der Waals surface area contributed by atoms with Crippen molar-refractivity contribution in [3.63, 3.8) is 0 Å². The zero-order valence-corrected chi connectivity index (χ0v) is 21.9. The van der Waals surface area contributed by atoms with Crippen LogP contribution in [0, 0.1) is 5.82 Å². The van der Waals surface area contributed by atoms with E-state index in [0.717, 1.165) is 24.5 Å². The monoisotopic (exact) mass is 551 g/mol. The molecule has 0 radical (unpaired) electrons. The predicted octanol–water partition coefficient (Wildman–Crippen LogP) is 3.41. The van der Waals surface area contributed by atoms with Crippen molar-refractivity contribution in [2.45, 2.75) is 57.3 Å². The summed E-state index contributed by atoms with van der Waals surface area (Å²) < 4.78 is 22.8. The second-order valence-electron chi connectivity index (χ2n) is 10.2. The minimum Gasteiger partial charge on any atom is -0.477 e. The molecule has 5 rings (SSSR count). The fourth-order valence-electron chi connectivity index (χ4n) is 5.71. The Hall–Kier alpha value is -4.25. The molecule has 210 valence electrons. The standard InChI is InChI=1S/C29H30FN3O7/c1-2-23-24(28(37)38)27(36)20-11-22(30)26(21(14-35)25(20)33(23)18-8-9-18)32-12-17(10-19(32)13-34)31-29(39)40-15-16-6-4-3-5-7-16/h3-7,11,14,17-19,34H,2,8-10,12-13,15H2,1H3,(H,31,39)(H,37,38)/t17-,19+/m1/s1. The number of benzene rings is 2. The van der Waals surface area contributed by atoms with Crippen molar-refractivity contribution in [2.75, 3.05) is 18.1 Å². The van der Waals surface area contributed by atoms with Crippen molar-refractivity contribution in [2.24, 2.45) is 0 Å². The molecule has 2 aliphatic rings. The van der Waals surface area contributed by atoms with E-state index in [4.69, 9.17) is 4.74 Å². The summed E-state index contributed by atoms with van der Waals surface area (Å²) >= 11 is 0. The van der Waals surface area contributed by atoms with Gasteiger partial charge < -0.3 is 29.7 Å². The zero-order valence-electron chi connectivity index (χ0n) is 21.9. The largest absolute Gasteiger partial charge is 0.477 e. The summed E-state index contributed by atoms with van der Waals surface area (Å²) in [5.41, 5.74) is -0.153. The van der Waals surface area contributed by atoms with Crippen LogP contribution < -0.4 is 15.6 Å². The Morgan fingerprint density at radius 3 is 2.55 bits per heavy atom. The number of alkyl carbamates (subject to hydrolysis) is 1. The van der Waals surface area contributed by atoms with Gasteiger partial charge in [-0.3, -0.25) is 9.59 Å². The number of nitrogens with one attached hydrogen (secondary N) is 1. The Labute approximate surface area is 229 Å². The first-order chi connectivity index (χ1) is 19.3. The minimum absolute atomic E-state index is 0.0674. The number of amides is 1. The molecule has 1 aliphatic carbocycles. The van der Waals surface area contributed by atoms with Gasteiger partial charge in [-0.1, -0.05) is 37.3 Å². The van der Waals surface area contributed by atoms with Crippen LogP contribution >= 0.6 is 0 Å². The SMILES string of the molecule is CCc1c(C(=O)O)c(=O)c2cc(F)c(N3C[C@H](NC(=O)OCc4ccccc4)C[C@H]3CO)c(C=O)c2n1C1CC1. The van der Waals surface area contributed by atoms with Gasteiger partial charge in [0.25, 0.3) is 0 Å². The molecule has 0 unspecified atom stereocenters. The number of rotatable bonds is 9. The molecule has 0 spiro atoms. The number of fused-ring (bicyclic) bond motifs is 1. The maximum Gasteiger partial charge on any atom is 0.407 e. The third kappa shape index (κ3) is 4.92. The highest BCUT2D eigenvalue weighted by Gasteiger charge is 2.38. The first-order valence-electron chi connectivity index (χ1n) is 13.3. The van der Waals surface area contributed by atoms with Crippen LogP contribution in [0.5, 0.6) is 0 Å². The number of carbonyl (C=O) groups is 3. The Kier molecular flexibility index (Phi) is 7.57. The Morgan fingerprint density at radius 2 is 1.95 bits per heavy atom. The molecule has 1 aliphatic heterocycles. The average molecular weight is 552 g/mol. The zero-order chi connectivity index (χ0) is 28.6. The molecule has 1 saturated carbocycles. The van der Waals surface area contributed by atoms with Crippen LogP contribution in [0.1, 0.15) is 64.2 Å². The second kappa shape index (κ2) is 11.1. The van der Waals surface area contributed by atoms with Crippen LogP contribution in [-0.4, -0.2) is 58.4 Å². The first kappa shape index (κ1) is 27.3. The molecule has 0 bridgehead atoms. The fraction of sp³-hybridized carbons (Fsp3) is 0.379. The molecular weight excluding hydrogens is 521 g/mol. The number of aliphatic hydroxyl groups excluding tert-OH is 1. The quantitative estimate of drug-likeness (QED) is 0.344. The molecule has 3 N–H and O–H groups in total. The lowest BCUT2D eigenvalue weighted by Crippen LogP contribution is -2.38. The van der Waals surface area contributed by atoms with Gasteiger partial charge in [-0.25, -0.2) is 14.0 Å². The number of anilines is 1. The molecule has 3 aromatic rings. The van der Waals surface area contributed by atoms with Crippen LogP contribution in [0.25, 0.3) is 10.9 Å². The summed E-state index contributed by atoms with van der Waals surface area (Å²) in [5, 5.41) is 22.5. The van der Waals surface area contributed by atoms with Crippen LogP contribution in [0.2, 0.25) is 0 Å². The van der Waals surface area contributed by atoms with Crippen molar-refractivity contribution in [1.29, 1.82) is 0 Å². The number of ether oxygens (including phenoxy) is 1. The number of pyridine rings is 1. The van der Waals surface area contributed by atoms with Crippen LogP contribution in [-0.2, 0) is 17.8 Å². The minimum atomic E-state index is -1.40. The number of hydrogen-bond donors (Lipinski definition) is 3. The summed E-state index contributed by atoms with van der Waals surface area (Å²) in [4.78, 5) is 51.9. The van der Waals surface area contributed by atoms with E-state index in [1.807, 2.05) is 30.3 Å². The van der Waals surface area contributed by atoms with Crippen LogP contribution in [0.15, 0.2) is 41.2 Å². The number of hydrogen-bond acceptors (Lipinski definition) is 7. The lowest BCUT2D eigenvalue weighted by molar-refractivity contribution is 0.0693. The van der Waals surface area contributed by atoms with Gasteiger partial charge in [-0.2, -0.15) is 0 Å². The second-order valence-corrected chi connectivity index (χ2v) is 10.2. The van der Waals surface area contributed by atoms with E-state index in [1.54, 1.807) is 11.5 Å². The number of aliphatic hydroxyl groups is 1. The number of aromatic nitrogens is 1. The van der Waals surface area contributed by atoms with Gasteiger partial charge in [0.1, 0.15) is 18.0 Å². The van der Waals surface area contributed by atoms with Crippen molar-refractivity contribution in [3.05, 3.63) is 74.8 Å². The number of halogens is 1. The van der Waals surface area contributed by atoms with E-state index in [2.05, 4.69) is 5.32 Å². The Morgan fingerprint density at radius 1 is 1.23 bits per heavy atom. The highest BCUT2D eigenvalue weighted by atomic mass is 19.1. The number of aromatic carboxylic acids is 1. The maximum atomic E-state index is 15.8. The third-order valence-corrected chi connectivity index (χ3v) is 7.58. The van der Waals surface area contributed by atoms with E-state index >= 15 is 4.39 Å². The van der Waals surface area contributed by atoms with Gasteiger partial charge in [0, 0.05) is 18.3 Å². The van der Waals surface area contributed by atoms with Gasteiger partial charge in [0.05, 0.1) is 40.8 Å². The molecule has 2 atom stereocenters. The Balaban J connectivity index is 1.53. The van der Waals surface area contributed by atoms with Crippen molar-refractivity contribution in [3.8, 4) is 0 Å². The van der Waals surface area contributed by atoms with Crippen molar-refractivity contribution < 1.29 is 33.7 Å². The summed E-state index contributed by atoms with van der Waals surface area (Å²) in [6, 6.07) is 8.87. The molecule has 1 amide bonds. The molecule has 10 nitrogen and oxygen atoms in total. The highest BCUT2D eigenvalue weighted by Crippen LogP contribution is 2.42. The van der Waals surface area contributed by atoms with E-state index in [9.17, 15) is 29.4 Å². The third-order valence-electron chi connectivity index (χ3n) is 7.58. The van der Waals surface area contributed by atoms with Gasteiger partial charge in [-0.15, -0.1) is 0 Å². The van der Waals surface area contributed by atoms with Gasteiger partial charge in [0.2, 0.25) is 5.43 Å². The number of nitrogens with zero attached hydrogens (tertiary/aromatic N) is 2. The normalized spacial score (nSPS) is 18.6. The number of aldehydes is 1. The summed E-state index contributed by atoms with van der Waals surface area (Å²) in [7, 11) is 0. The van der Waals surface area contributed by atoms with Crippen molar-refractivity contribution >= 4 is 34.9 Å². The highest BCUT2D eigenvalue weighted by molar-refractivity contribution is 6.04. The molecular formula is C29H30FN3O7. The van der Waals surface area contributed by atoms with Crippen LogP contribution in [0.4, 0.5) is 14.9 Å². The topological polar surface area (TPSA) is 138 Å². The maximum absolute atomic E-state index is 15.8. The Bertz CT molecular complexity index is 1530. The molecule has 2 fully saturated rings. The number of carbonyl (C=O) groups excluding carboxylic acids is 2. The fourth-order valence-corrected chi connectivity index (χ4v) is 5.71. The number of carboxylic acids is 1. The van der Waals surface area contributed by atoms with E-state index in [0.29, 0.717) is 6.29 Å². The summed E-state index contributed by atoms with van der Waals surface area (Å²) in [6.07, 6.45) is 1.76. The predicted molar refractivity (Wildman–Crippen MR) is 145 cm³/mol. The molecule has 1 aromatic heterocycles. The van der Waals surface area contributed by atoms with Gasteiger partial charge in [0.15, 0.2) is 6.29 Å². The molecule has 2 heterocycles. The average Bonchev–Trinajstić information content (AvgIpc) is 3.71. The molecule has 1 saturated heterocycles. The van der Waals surface area contributed by atoms with E-state index < -0.39 is 41.0 Å². The van der Waals surface area contributed by atoms with Crippen LogP contribution in [0.3, 0.4) is 0 Å². The first-order valence-corrected chi connectivity index (χ1v) is 13.3.